The Hall–Kier alpha value is -4.07. The standard InChI is InChI=1S/C32H39NO2.C4H4O4/c1-32(2,3)28-18-16-25(17-19-28)30(34)15-10-22-33-23-20-29(21-24-33)35-31(26-11-6-4-7-12-26)27-13-8-5-9-14-27;5-3(6)1-2-4(7)8/h4-9,11-14,16-19,29,31H,10,15,20-24H2,1-3H3;1-2H,(H,5,6)(H,7,8)/b;2-1+. The molecule has 0 radical (unpaired) electrons. The molecule has 1 aliphatic rings. The molecule has 3 aromatic rings. The van der Waals surface area contributed by atoms with E-state index in [0.717, 1.165) is 44.5 Å². The van der Waals surface area contributed by atoms with Crippen molar-refractivity contribution < 1.29 is 29.3 Å². The zero-order valence-electron chi connectivity index (χ0n) is 25.3. The van der Waals surface area contributed by atoms with E-state index in [0.29, 0.717) is 18.6 Å². The monoisotopic (exact) mass is 585 g/mol. The second-order valence-electron chi connectivity index (χ2n) is 11.7. The van der Waals surface area contributed by atoms with Crippen LogP contribution in [0.1, 0.15) is 79.6 Å². The number of hydrogen-bond acceptors (Lipinski definition) is 5. The molecule has 1 aliphatic heterocycles. The van der Waals surface area contributed by atoms with Gasteiger partial charge < -0.3 is 19.8 Å². The first-order valence-corrected chi connectivity index (χ1v) is 14.8. The average molecular weight is 586 g/mol. The zero-order valence-corrected chi connectivity index (χ0v) is 25.3. The summed E-state index contributed by atoms with van der Waals surface area (Å²) in [4.78, 5) is 34.2. The first-order chi connectivity index (χ1) is 20.5. The topological polar surface area (TPSA) is 104 Å². The van der Waals surface area contributed by atoms with E-state index in [1.54, 1.807) is 0 Å². The molecule has 1 heterocycles. The molecule has 0 aromatic heterocycles. The minimum Gasteiger partial charge on any atom is -0.478 e. The summed E-state index contributed by atoms with van der Waals surface area (Å²) in [6, 6.07) is 29.2. The van der Waals surface area contributed by atoms with Crippen LogP contribution in [0.5, 0.6) is 0 Å². The quantitative estimate of drug-likeness (QED) is 0.186. The molecule has 0 atom stereocenters. The van der Waals surface area contributed by atoms with Crippen LogP contribution in [0.15, 0.2) is 97.1 Å². The Kier molecular flexibility index (Phi) is 12.9. The van der Waals surface area contributed by atoms with Crippen LogP contribution in [0.3, 0.4) is 0 Å². The van der Waals surface area contributed by atoms with Crippen molar-refractivity contribution >= 4 is 17.7 Å². The molecule has 2 N–H and O–H groups in total. The zero-order chi connectivity index (χ0) is 31.2. The van der Waals surface area contributed by atoms with Crippen LogP contribution < -0.4 is 0 Å². The van der Waals surface area contributed by atoms with Gasteiger partial charge in [-0.15, -0.1) is 0 Å². The van der Waals surface area contributed by atoms with Gasteiger partial charge in [-0.2, -0.15) is 0 Å². The lowest BCUT2D eigenvalue weighted by Crippen LogP contribution is -2.38. The predicted molar refractivity (Wildman–Crippen MR) is 168 cm³/mol. The molecule has 228 valence electrons. The third-order valence-electron chi connectivity index (χ3n) is 7.39. The largest absolute Gasteiger partial charge is 0.478 e. The molecule has 0 amide bonds. The van der Waals surface area contributed by atoms with Crippen molar-refractivity contribution in [3.8, 4) is 0 Å². The van der Waals surface area contributed by atoms with E-state index >= 15 is 0 Å². The van der Waals surface area contributed by atoms with Gasteiger partial charge in [0.15, 0.2) is 5.78 Å². The molecule has 1 fully saturated rings. The number of ketones is 1. The highest BCUT2D eigenvalue weighted by atomic mass is 16.5. The first kappa shape index (κ1) is 33.4. The maximum Gasteiger partial charge on any atom is 0.328 e. The smallest absolute Gasteiger partial charge is 0.328 e. The van der Waals surface area contributed by atoms with E-state index in [-0.39, 0.29) is 23.4 Å². The number of carboxylic acids is 2. The molecule has 7 heteroatoms. The van der Waals surface area contributed by atoms with Crippen molar-refractivity contribution in [3.63, 3.8) is 0 Å². The highest BCUT2D eigenvalue weighted by Gasteiger charge is 2.25. The van der Waals surface area contributed by atoms with Gasteiger partial charge in [0.25, 0.3) is 0 Å². The normalized spacial score (nSPS) is 14.3. The molecule has 0 saturated carbocycles. The Balaban J connectivity index is 0.000000557. The van der Waals surface area contributed by atoms with E-state index in [1.807, 2.05) is 12.1 Å². The fourth-order valence-corrected chi connectivity index (χ4v) is 4.97. The molecule has 0 bridgehead atoms. The summed E-state index contributed by atoms with van der Waals surface area (Å²) in [6.07, 6.45) is 4.90. The van der Waals surface area contributed by atoms with Crippen LogP contribution >= 0.6 is 0 Å². The number of nitrogens with zero attached hydrogens (tertiary/aromatic N) is 1. The number of piperidine rings is 1. The molecule has 7 nitrogen and oxygen atoms in total. The lowest BCUT2D eigenvalue weighted by atomic mass is 9.86. The van der Waals surface area contributed by atoms with Gasteiger partial charge >= 0.3 is 11.9 Å². The molecule has 0 unspecified atom stereocenters. The third-order valence-corrected chi connectivity index (χ3v) is 7.39. The predicted octanol–water partition coefficient (Wildman–Crippen LogP) is 6.93. The number of ether oxygens (including phenoxy) is 1. The molecule has 1 saturated heterocycles. The minimum absolute atomic E-state index is 0.0313. The van der Waals surface area contributed by atoms with Gasteiger partial charge in [-0.3, -0.25) is 4.79 Å². The fourth-order valence-electron chi connectivity index (χ4n) is 4.97. The SMILES string of the molecule is CC(C)(C)c1ccc(C(=O)CCCN2CCC(OC(c3ccccc3)c3ccccc3)CC2)cc1.O=C(O)/C=C/C(=O)O. The maximum absolute atomic E-state index is 12.7. The van der Waals surface area contributed by atoms with Crippen LogP contribution in [0.25, 0.3) is 0 Å². The minimum atomic E-state index is -1.26. The second-order valence-corrected chi connectivity index (χ2v) is 11.7. The summed E-state index contributed by atoms with van der Waals surface area (Å²) in [5, 5.41) is 15.6. The van der Waals surface area contributed by atoms with Crippen LogP contribution in [-0.2, 0) is 19.7 Å². The summed E-state index contributed by atoms with van der Waals surface area (Å²) in [5.41, 5.74) is 4.61. The molecule has 43 heavy (non-hydrogen) atoms. The van der Waals surface area contributed by atoms with E-state index < -0.39 is 11.9 Å². The number of likely N-dealkylation sites (tertiary alicyclic amines) is 1. The number of carbonyl (C=O) groups is 3. The van der Waals surface area contributed by atoms with E-state index in [4.69, 9.17) is 14.9 Å². The van der Waals surface area contributed by atoms with Crippen molar-refractivity contribution in [1.29, 1.82) is 0 Å². The number of rotatable bonds is 11. The van der Waals surface area contributed by atoms with Gasteiger partial charge in [0.2, 0.25) is 0 Å². The van der Waals surface area contributed by atoms with Crippen LogP contribution in [0, 0.1) is 0 Å². The number of carbonyl (C=O) groups excluding carboxylic acids is 1. The summed E-state index contributed by atoms with van der Waals surface area (Å²) in [6.45, 7) is 9.61. The number of aliphatic carboxylic acids is 2. The Morgan fingerprint density at radius 2 is 1.30 bits per heavy atom. The van der Waals surface area contributed by atoms with E-state index in [2.05, 4.69) is 98.5 Å². The van der Waals surface area contributed by atoms with Gasteiger partial charge in [-0.1, -0.05) is 106 Å². The van der Waals surface area contributed by atoms with Crippen LogP contribution in [-0.4, -0.2) is 58.6 Å². The summed E-state index contributed by atoms with van der Waals surface area (Å²) in [5.74, 6) is -2.27. The van der Waals surface area contributed by atoms with Gasteiger partial charge in [0.05, 0.1) is 6.10 Å². The van der Waals surface area contributed by atoms with Gasteiger partial charge in [-0.25, -0.2) is 9.59 Å². The molecule has 3 aromatic carbocycles. The third kappa shape index (κ3) is 11.6. The summed E-state index contributed by atoms with van der Waals surface area (Å²) in [7, 11) is 0. The van der Waals surface area contributed by atoms with Crippen molar-refractivity contribution in [2.24, 2.45) is 0 Å². The van der Waals surface area contributed by atoms with Crippen LogP contribution in [0.2, 0.25) is 0 Å². The average Bonchev–Trinajstić information content (AvgIpc) is 3.00. The highest BCUT2D eigenvalue weighted by molar-refractivity contribution is 5.96. The summed E-state index contributed by atoms with van der Waals surface area (Å²) < 4.78 is 6.67. The first-order valence-electron chi connectivity index (χ1n) is 14.8. The lowest BCUT2D eigenvalue weighted by Gasteiger charge is -2.34. The number of hydrogen-bond donors (Lipinski definition) is 2. The Bertz CT molecular complexity index is 1270. The van der Waals surface area contributed by atoms with Crippen molar-refractivity contribution in [3.05, 3.63) is 119 Å². The molecule has 0 aliphatic carbocycles. The fraction of sp³-hybridized carbons (Fsp3) is 0.361. The lowest BCUT2D eigenvalue weighted by molar-refractivity contribution is -0.134. The second kappa shape index (κ2) is 16.5. The Morgan fingerprint density at radius 1 is 0.814 bits per heavy atom. The highest BCUT2D eigenvalue weighted by Crippen LogP contribution is 2.30. The maximum atomic E-state index is 12.7. The van der Waals surface area contributed by atoms with Crippen molar-refractivity contribution in [2.45, 2.75) is 64.1 Å². The van der Waals surface area contributed by atoms with Crippen molar-refractivity contribution in [2.75, 3.05) is 19.6 Å². The summed E-state index contributed by atoms with van der Waals surface area (Å²) >= 11 is 0. The van der Waals surface area contributed by atoms with E-state index in [1.165, 1.54) is 16.7 Å². The van der Waals surface area contributed by atoms with Gasteiger partial charge in [0, 0.05) is 37.2 Å². The van der Waals surface area contributed by atoms with Gasteiger partial charge in [0.1, 0.15) is 6.10 Å². The molecular weight excluding hydrogens is 542 g/mol. The number of Topliss-reactive ketones (excluding diaryl/α,β-unsaturated/α-hetero) is 1. The van der Waals surface area contributed by atoms with Gasteiger partial charge in [-0.05, 0) is 47.9 Å². The van der Waals surface area contributed by atoms with E-state index in [9.17, 15) is 14.4 Å². The molecular formula is C36H43NO6. The molecule has 0 spiro atoms. The number of carboxylic acid groups (broad SMARTS) is 2. The Labute approximate surface area is 254 Å². The number of benzene rings is 3. The van der Waals surface area contributed by atoms with Crippen molar-refractivity contribution in [1.82, 2.24) is 4.90 Å². The molecule has 4 rings (SSSR count). The Morgan fingerprint density at radius 3 is 1.74 bits per heavy atom. The van der Waals surface area contributed by atoms with Crippen LogP contribution in [0.4, 0.5) is 0 Å².